The van der Waals surface area contributed by atoms with E-state index < -0.39 is 0 Å². The summed E-state index contributed by atoms with van der Waals surface area (Å²) < 4.78 is 0. The van der Waals surface area contributed by atoms with Crippen molar-refractivity contribution in [3.05, 3.63) is 53.6 Å². The van der Waals surface area contributed by atoms with E-state index in [2.05, 4.69) is 15.3 Å². The molecule has 5 nitrogen and oxygen atoms in total. The van der Waals surface area contributed by atoms with Gasteiger partial charge < -0.3 is 15.4 Å². The highest BCUT2D eigenvalue weighted by Gasteiger charge is 2.16. The highest BCUT2D eigenvalue weighted by molar-refractivity contribution is 5.92. The van der Waals surface area contributed by atoms with E-state index in [4.69, 9.17) is 5.11 Å². The standard InChI is InChI=1S/C16H21N3O2/c1-2-15-17-11-14(18-15)16(21)19-13(9-6-10-20)12-7-4-3-5-8-12/h3-5,7-8,11,13,20H,2,6,9-10H2,1H3,(H,17,18)(H,19,21). The van der Waals surface area contributed by atoms with E-state index in [9.17, 15) is 4.79 Å². The van der Waals surface area contributed by atoms with Gasteiger partial charge in [0.05, 0.1) is 12.2 Å². The molecule has 1 heterocycles. The number of H-pyrrole nitrogens is 1. The Kier molecular flexibility index (Phi) is 5.51. The Morgan fingerprint density at radius 3 is 2.76 bits per heavy atom. The number of aryl methyl sites for hydroxylation is 1. The first-order valence-electron chi connectivity index (χ1n) is 7.25. The van der Waals surface area contributed by atoms with Crippen LogP contribution in [-0.4, -0.2) is 27.6 Å². The maximum Gasteiger partial charge on any atom is 0.269 e. The zero-order chi connectivity index (χ0) is 15.1. The van der Waals surface area contributed by atoms with Gasteiger partial charge in [0.15, 0.2) is 0 Å². The molecule has 0 fully saturated rings. The lowest BCUT2D eigenvalue weighted by atomic mass is 10.0. The SMILES string of the molecule is CCc1ncc(C(=O)NC(CCCO)c2ccccc2)[nH]1. The normalized spacial score (nSPS) is 12.1. The number of amides is 1. The topological polar surface area (TPSA) is 78.0 Å². The summed E-state index contributed by atoms with van der Waals surface area (Å²) >= 11 is 0. The first-order chi connectivity index (χ1) is 10.2. The fourth-order valence-corrected chi connectivity index (χ4v) is 2.20. The minimum Gasteiger partial charge on any atom is -0.396 e. The predicted molar refractivity (Wildman–Crippen MR) is 80.9 cm³/mol. The van der Waals surface area contributed by atoms with Crippen LogP contribution >= 0.6 is 0 Å². The van der Waals surface area contributed by atoms with Crippen molar-refractivity contribution in [2.75, 3.05) is 6.61 Å². The Bertz CT molecular complexity index is 566. The number of carbonyl (C=O) groups excluding carboxylic acids is 1. The molecule has 0 saturated carbocycles. The van der Waals surface area contributed by atoms with E-state index in [0.717, 1.165) is 17.8 Å². The number of aliphatic hydroxyl groups excluding tert-OH is 1. The van der Waals surface area contributed by atoms with Crippen molar-refractivity contribution in [2.24, 2.45) is 0 Å². The molecule has 0 spiro atoms. The first-order valence-corrected chi connectivity index (χ1v) is 7.25. The summed E-state index contributed by atoms with van der Waals surface area (Å²) in [5, 5.41) is 12.0. The second kappa shape index (κ2) is 7.59. The highest BCUT2D eigenvalue weighted by Crippen LogP contribution is 2.18. The average Bonchev–Trinajstić information content (AvgIpc) is 3.01. The predicted octanol–water partition coefficient (Wildman–Crippen LogP) is 2.22. The van der Waals surface area contributed by atoms with Gasteiger partial charge in [-0.05, 0) is 18.4 Å². The molecule has 1 atom stereocenters. The minimum atomic E-state index is -0.172. The largest absolute Gasteiger partial charge is 0.396 e. The first kappa shape index (κ1) is 15.3. The number of aromatic nitrogens is 2. The van der Waals surface area contributed by atoms with Crippen LogP contribution in [0, 0.1) is 0 Å². The maximum atomic E-state index is 12.3. The molecule has 2 aromatic rings. The molecule has 2 rings (SSSR count). The third-order valence-corrected chi connectivity index (χ3v) is 3.37. The van der Waals surface area contributed by atoms with Gasteiger partial charge in [-0.3, -0.25) is 4.79 Å². The lowest BCUT2D eigenvalue weighted by Crippen LogP contribution is -2.29. The van der Waals surface area contributed by atoms with Gasteiger partial charge in [-0.25, -0.2) is 4.98 Å². The van der Waals surface area contributed by atoms with Gasteiger partial charge in [-0.15, -0.1) is 0 Å². The quantitative estimate of drug-likeness (QED) is 0.730. The minimum absolute atomic E-state index is 0.112. The number of aliphatic hydroxyl groups is 1. The molecule has 21 heavy (non-hydrogen) atoms. The van der Waals surface area contributed by atoms with Crippen molar-refractivity contribution in [1.82, 2.24) is 15.3 Å². The Morgan fingerprint density at radius 1 is 1.38 bits per heavy atom. The van der Waals surface area contributed by atoms with Crippen LogP contribution in [0.25, 0.3) is 0 Å². The third-order valence-electron chi connectivity index (χ3n) is 3.37. The number of nitrogens with zero attached hydrogens (tertiary/aromatic N) is 1. The molecule has 0 aliphatic heterocycles. The summed E-state index contributed by atoms with van der Waals surface area (Å²) in [5.74, 6) is 0.626. The molecular formula is C16H21N3O2. The van der Waals surface area contributed by atoms with E-state index in [1.807, 2.05) is 37.3 Å². The number of hydrogen-bond acceptors (Lipinski definition) is 3. The lowest BCUT2D eigenvalue weighted by Gasteiger charge is -2.18. The van der Waals surface area contributed by atoms with Crippen molar-refractivity contribution in [3.8, 4) is 0 Å². The van der Waals surface area contributed by atoms with E-state index in [0.29, 0.717) is 18.5 Å². The van der Waals surface area contributed by atoms with E-state index in [1.54, 1.807) is 6.20 Å². The number of carbonyl (C=O) groups is 1. The molecule has 5 heteroatoms. The number of imidazole rings is 1. The number of nitrogens with one attached hydrogen (secondary N) is 2. The second-order valence-electron chi connectivity index (χ2n) is 4.90. The van der Waals surface area contributed by atoms with Crippen molar-refractivity contribution in [1.29, 1.82) is 0 Å². The summed E-state index contributed by atoms with van der Waals surface area (Å²) in [6.45, 7) is 2.10. The van der Waals surface area contributed by atoms with E-state index >= 15 is 0 Å². The van der Waals surface area contributed by atoms with E-state index in [-0.39, 0.29) is 18.6 Å². The molecular weight excluding hydrogens is 266 g/mol. The van der Waals surface area contributed by atoms with Gasteiger partial charge >= 0.3 is 0 Å². The smallest absolute Gasteiger partial charge is 0.269 e. The number of rotatable bonds is 7. The molecule has 112 valence electrons. The van der Waals surface area contributed by atoms with Crippen LogP contribution in [0.4, 0.5) is 0 Å². The maximum absolute atomic E-state index is 12.3. The lowest BCUT2D eigenvalue weighted by molar-refractivity contribution is 0.0927. The van der Waals surface area contributed by atoms with Crippen molar-refractivity contribution in [2.45, 2.75) is 32.2 Å². The fourth-order valence-electron chi connectivity index (χ4n) is 2.20. The molecule has 0 radical (unpaired) electrons. The molecule has 0 bridgehead atoms. The van der Waals surface area contributed by atoms with Gasteiger partial charge in [-0.2, -0.15) is 0 Å². The van der Waals surface area contributed by atoms with Crippen LogP contribution < -0.4 is 5.32 Å². The van der Waals surface area contributed by atoms with Crippen LogP contribution in [0.2, 0.25) is 0 Å². The van der Waals surface area contributed by atoms with Crippen molar-refractivity contribution >= 4 is 5.91 Å². The third kappa shape index (κ3) is 4.16. The Morgan fingerprint density at radius 2 is 2.14 bits per heavy atom. The fraction of sp³-hybridized carbons (Fsp3) is 0.375. The summed E-state index contributed by atoms with van der Waals surface area (Å²) in [4.78, 5) is 19.4. The monoisotopic (exact) mass is 287 g/mol. The van der Waals surface area contributed by atoms with Crippen molar-refractivity contribution < 1.29 is 9.90 Å². The highest BCUT2D eigenvalue weighted by atomic mass is 16.3. The zero-order valence-electron chi connectivity index (χ0n) is 12.2. The van der Waals surface area contributed by atoms with Gasteiger partial charge in [0.1, 0.15) is 11.5 Å². The molecule has 1 unspecified atom stereocenters. The molecule has 3 N–H and O–H groups in total. The van der Waals surface area contributed by atoms with Crippen LogP contribution in [-0.2, 0) is 6.42 Å². The molecule has 0 saturated heterocycles. The van der Waals surface area contributed by atoms with Gasteiger partial charge in [0, 0.05) is 13.0 Å². The number of benzene rings is 1. The summed E-state index contributed by atoms with van der Waals surface area (Å²) in [6, 6.07) is 9.67. The van der Waals surface area contributed by atoms with Crippen molar-refractivity contribution in [3.63, 3.8) is 0 Å². The molecule has 0 aliphatic rings. The molecule has 1 aromatic heterocycles. The molecule has 1 aromatic carbocycles. The Hall–Kier alpha value is -2.14. The van der Waals surface area contributed by atoms with Crippen LogP contribution in [0.3, 0.4) is 0 Å². The van der Waals surface area contributed by atoms with Crippen LogP contribution in [0.5, 0.6) is 0 Å². The van der Waals surface area contributed by atoms with Crippen LogP contribution in [0.15, 0.2) is 36.5 Å². The summed E-state index contributed by atoms with van der Waals surface area (Å²) in [6.07, 6.45) is 3.66. The average molecular weight is 287 g/mol. The number of hydrogen-bond donors (Lipinski definition) is 3. The summed E-state index contributed by atoms with van der Waals surface area (Å²) in [5.41, 5.74) is 1.51. The Balaban J connectivity index is 2.09. The second-order valence-corrected chi connectivity index (χ2v) is 4.90. The van der Waals surface area contributed by atoms with E-state index in [1.165, 1.54) is 0 Å². The Labute approximate surface area is 124 Å². The van der Waals surface area contributed by atoms with Crippen LogP contribution in [0.1, 0.15) is 47.7 Å². The molecule has 1 amide bonds. The number of aromatic amines is 1. The van der Waals surface area contributed by atoms with Gasteiger partial charge in [0.25, 0.3) is 5.91 Å². The van der Waals surface area contributed by atoms with Gasteiger partial charge in [0.2, 0.25) is 0 Å². The summed E-state index contributed by atoms with van der Waals surface area (Å²) in [7, 11) is 0. The van der Waals surface area contributed by atoms with Gasteiger partial charge in [-0.1, -0.05) is 37.3 Å². The molecule has 0 aliphatic carbocycles. The zero-order valence-corrected chi connectivity index (χ0v) is 12.2.